The molecule has 2 aromatic heterocycles. The third-order valence-electron chi connectivity index (χ3n) is 3.60. The van der Waals surface area contributed by atoms with Gasteiger partial charge in [-0.15, -0.1) is 0 Å². The quantitative estimate of drug-likeness (QED) is 0.568. The number of aromatic nitrogens is 2. The van der Waals surface area contributed by atoms with Crippen molar-refractivity contribution in [2.45, 2.75) is 13.3 Å². The van der Waals surface area contributed by atoms with Gasteiger partial charge in [0.25, 0.3) is 5.19 Å². The zero-order valence-corrected chi connectivity index (χ0v) is 12.4. The van der Waals surface area contributed by atoms with Crippen LogP contribution in [0.3, 0.4) is 0 Å². The lowest BCUT2D eigenvalue weighted by molar-refractivity contribution is 0.481. The van der Waals surface area contributed by atoms with Crippen LogP contribution in [-0.4, -0.2) is 9.97 Å². The Morgan fingerprint density at radius 3 is 2.95 bits per heavy atom. The molecule has 1 N–H and O–H groups in total. The first-order valence-electron chi connectivity index (χ1n) is 6.97. The van der Waals surface area contributed by atoms with Crippen molar-refractivity contribution in [3.8, 4) is 10.9 Å². The highest BCUT2D eigenvalue weighted by atomic mass is 32.1. The average molecular weight is 294 g/mol. The number of aryl methyl sites for hydroxylation is 1. The molecule has 0 aliphatic carbocycles. The summed E-state index contributed by atoms with van der Waals surface area (Å²) in [6.45, 7) is 2.16. The number of hydrogen-bond donors (Lipinski definition) is 1. The van der Waals surface area contributed by atoms with Crippen molar-refractivity contribution >= 4 is 32.5 Å². The first-order valence-corrected chi connectivity index (χ1v) is 7.78. The number of nitrogens with zero attached hydrogens (tertiary/aromatic N) is 1. The number of aromatic amines is 1. The smallest absolute Gasteiger partial charge is 0.279 e. The third-order valence-corrected chi connectivity index (χ3v) is 4.51. The molecule has 0 aliphatic heterocycles. The minimum atomic E-state index is 0.684. The molecule has 2 aromatic carbocycles. The molecular formula is C17H14N2OS. The van der Waals surface area contributed by atoms with Crippen LogP contribution in [0.2, 0.25) is 0 Å². The fourth-order valence-corrected chi connectivity index (χ4v) is 3.34. The minimum Gasteiger partial charge on any atom is -0.431 e. The molecule has 0 atom stereocenters. The van der Waals surface area contributed by atoms with Gasteiger partial charge in [-0.2, -0.15) is 0 Å². The van der Waals surface area contributed by atoms with Gasteiger partial charge in [0, 0.05) is 17.1 Å². The molecule has 0 fully saturated rings. The van der Waals surface area contributed by atoms with Crippen molar-refractivity contribution in [2.75, 3.05) is 0 Å². The lowest BCUT2D eigenvalue weighted by Crippen LogP contribution is -1.83. The Kier molecular flexibility index (Phi) is 2.89. The maximum Gasteiger partial charge on any atom is 0.279 e. The van der Waals surface area contributed by atoms with Gasteiger partial charge in [0.1, 0.15) is 5.75 Å². The molecule has 0 spiro atoms. The summed E-state index contributed by atoms with van der Waals surface area (Å²) in [4.78, 5) is 7.79. The van der Waals surface area contributed by atoms with E-state index < -0.39 is 0 Å². The second-order valence-corrected chi connectivity index (χ2v) is 5.92. The molecule has 0 radical (unpaired) electrons. The van der Waals surface area contributed by atoms with Crippen LogP contribution < -0.4 is 4.74 Å². The van der Waals surface area contributed by atoms with Crippen molar-refractivity contribution in [1.82, 2.24) is 9.97 Å². The number of nitrogens with one attached hydrogen (secondary N) is 1. The van der Waals surface area contributed by atoms with Crippen LogP contribution in [0, 0.1) is 0 Å². The molecule has 4 rings (SSSR count). The summed E-state index contributed by atoms with van der Waals surface area (Å²) in [5, 5.41) is 1.90. The Morgan fingerprint density at radius 2 is 2.10 bits per heavy atom. The Bertz CT molecular complexity index is 890. The topological polar surface area (TPSA) is 37.9 Å². The number of ether oxygens (including phenoxy) is 1. The Hall–Kier alpha value is -2.33. The molecule has 21 heavy (non-hydrogen) atoms. The maximum absolute atomic E-state index is 5.93. The van der Waals surface area contributed by atoms with E-state index in [9.17, 15) is 0 Å². The van der Waals surface area contributed by atoms with E-state index in [1.165, 1.54) is 10.9 Å². The Labute approximate surface area is 126 Å². The highest BCUT2D eigenvalue weighted by Crippen LogP contribution is 2.32. The number of fused-ring (bicyclic) bond motifs is 2. The van der Waals surface area contributed by atoms with Crippen molar-refractivity contribution in [3.05, 3.63) is 54.2 Å². The van der Waals surface area contributed by atoms with E-state index in [-0.39, 0.29) is 0 Å². The summed E-state index contributed by atoms with van der Waals surface area (Å²) in [5.41, 5.74) is 3.43. The van der Waals surface area contributed by atoms with E-state index >= 15 is 0 Å². The van der Waals surface area contributed by atoms with Gasteiger partial charge in [0.15, 0.2) is 0 Å². The van der Waals surface area contributed by atoms with Crippen molar-refractivity contribution < 1.29 is 4.74 Å². The SMILES string of the molecule is CCc1c[nH]c2ccc(Oc3nc4ccccc4s3)cc12. The summed E-state index contributed by atoms with van der Waals surface area (Å²) < 4.78 is 7.08. The fourth-order valence-electron chi connectivity index (χ4n) is 2.51. The lowest BCUT2D eigenvalue weighted by Gasteiger charge is -2.02. The molecule has 0 aliphatic rings. The van der Waals surface area contributed by atoms with Crippen LogP contribution >= 0.6 is 11.3 Å². The summed E-state index contributed by atoms with van der Waals surface area (Å²) in [5.74, 6) is 0.829. The van der Waals surface area contributed by atoms with Gasteiger partial charge < -0.3 is 9.72 Å². The van der Waals surface area contributed by atoms with Gasteiger partial charge in [-0.25, -0.2) is 4.98 Å². The number of thiazole rings is 1. The largest absolute Gasteiger partial charge is 0.431 e. The van der Waals surface area contributed by atoms with E-state index in [0.717, 1.165) is 27.9 Å². The highest BCUT2D eigenvalue weighted by molar-refractivity contribution is 7.20. The molecule has 0 bridgehead atoms. The van der Waals surface area contributed by atoms with Crippen LogP contribution in [0.25, 0.3) is 21.1 Å². The van der Waals surface area contributed by atoms with Gasteiger partial charge in [-0.05, 0) is 42.3 Å². The molecule has 0 amide bonds. The normalized spacial score (nSPS) is 11.3. The first-order chi connectivity index (χ1) is 10.3. The van der Waals surface area contributed by atoms with Gasteiger partial charge in [0.2, 0.25) is 0 Å². The van der Waals surface area contributed by atoms with E-state index in [1.807, 2.05) is 24.3 Å². The predicted octanol–water partition coefficient (Wildman–Crippen LogP) is 5.13. The summed E-state index contributed by atoms with van der Waals surface area (Å²) >= 11 is 1.57. The van der Waals surface area contributed by atoms with Gasteiger partial charge in [-0.3, -0.25) is 0 Å². The number of H-pyrrole nitrogens is 1. The van der Waals surface area contributed by atoms with Gasteiger partial charge >= 0.3 is 0 Å². The van der Waals surface area contributed by atoms with E-state index in [2.05, 4.69) is 41.3 Å². The number of benzene rings is 2. The third kappa shape index (κ3) is 2.17. The second kappa shape index (κ2) is 4.90. The van der Waals surface area contributed by atoms with Crippen molar-refractivity contribution in [1.29, 1.82) is 0 Å². The van der Waals surface area contributed by atoms with E-state index in [4.69, 9.17) is 4.74 Å². The molecule has 0 saturated carbocycles. The van der Waals surface area contributed by atoms with Gasteiger partial charge in [0.05, 0.1) is 10.2 Å². The Morgan fingerprint density at radius 1 is 1.19 bits per heavy atom. The fraction of sp³-hybridized carbons (Fsp3) is 0.118. The molecule has 0 saturated heterocycles. The van der Waals surface area contributed by atoms with E-state index in [0.29, 0.717) is 5.19 Å². The zero-order valence-electron chi connectivity index (χ0n) is 11.6. The number of rotatable bonds is 3. The van der Waals surface area contributed by atoms with Crippen LogP contribution in [0.4, 0.5) is 0 Å². The van der Waals surface area contributed by atoms with E-state index in [1.54, 1.807) is 11.3 Å². The summed E-state index contributed by atoms with van der Waals surface area (Å²) in [6, 6.07) is 14.2. The molecule has 2 heterocycles. The molecule has 4 heteroatoms. The molecule has 3 nitrogen and oxygen atoms in total. The second-order valence-electron chi connectivity index (χ2n) is 4.92. The summed E-state index contributed by atoms with van der Waals surface area (Å²) in [6.07, 6.45) is 3.07. The monoisotopic (exact) mass is 294 g/mol. The predicted molar refractivity (Wildman–Crippen MR) is 87.4 cm³/mol. The van der Waals surface area contributed by atoms with Crippen LogP contribution in [-0.2, 0) is 6.42 Å². The molecule has 0 unspecified atom stereocenters. The number of hydrogen-bond acceptors (Lipinski definition) is 3. The first kappa shape index (κ1) is 12.4. The number of para-hydroxylation sites is 1. The van der Waals surface area contributed by atoms with Crippen LogP contribution in [0.1, 0.15) is 12.5 Å². The summed E-state index contributed by atoms with van der Waals surface area (Å²) in [7, 11) is 0. The van der Waals surface area contributed by atoms with Crippen molar-refractivity contribution in [2.24, 2.45) is 0 Å². The zero-order chi connectivity index (χ0) is 14.2. The standard InChI is InChI=1S/C17H14N2OS/c1-2-11-10-18-14-8-7-12(9-13(11)14)20-17-19-15-5-3-4-6-16(15)21-17/h3-10,18H,2H2,1H3. The van der Waals surface area contributed by atoms with Gasteiger partial charge in [-0.1, -0.05) is 30.4 Å². The lowest BCUT2D eigenvalue weighted by atomic mass is 10.1. The molecule has 104 valence electrons. The van der Waals surface area contributed by atoms with Crippen LogP contribution in [0.5, 0.6) is 10.9 Å². The molecule has 4 aromatic rings. The molecular weight excluding hydrogens is 280 g/mol. The van der Waals surface area contributed by atoms with Crippen molar-refractivity contribution in [3.63, 3.8) is 0 Å². The maximum atomic E-state index is 5.93. The minimum absolute atomic E-state index is 0.684. The van der Waals surface area contributed by atoms with Crippen LogP contribution in [0.15, 0.2) is 48.7 Å². The highest BCUT2D eigenvalue weighted by Gasteiger charge is 2.08. The average Bonchev–Trinajstić information content (AvgIpc) is 3.09. The Balaban J connectivity index is 1.72.